The van der Waals surface area contributed by atoms with E-state index in [9.17, 15) is 0 Å². The molecule has 0 saturated carbocycles. The topological polar surface area (TPSA) is 59.2 Å². The van der Waals surface area contributed by atoms with Crippen LogP contribution in [0.4, 0.5) is 0 Å². The number of ether oxygens (including phenoxy) is 2. The van der Waals surface area contributed by atoms with E-state index in [0.29, 0.717) is 17.4 Å². The summed E-state index contributed by atoms with van der Waals surface area (Å²) in [6.45, 7) is 6.35. The lowest BCUT2D eigenvalue weighted by atomic mass is 10.2. The van der Waals surface area contributed by atoms with Crippen molar-refractivity contribution >= 4 is 11.0 Å². The zero-order valence-corrected chi connectivity index (χ0v) is 12.6. The van der Waals surface area contributed by atoms with Gasteiger partial charge in [0.25, 0.3) is 0 Å². The molecule has 0 amide bonds. The van der Waals surface area contributed by atoms with Gasteiger partial charge in [-0.25, -0.2) is 4.98 Å². The average molecular weight is 277 g/mol. The molecule has 0 aliphatic heterocycles. The summed E-state index contributed by atoms with van der Waals surface area (Å²) in [5, 5.41) is 3.41. The third-order valence-electron chi connectivity index (χ3n) is 3.13. The van der Waals surface area contributed by atoms with Gasteiger partial charge in [-0.15, -0.1) is 0 Å². The molecule has 110 valence electrons. The summed E-state index contributed by atoms with van der Waals surface area (Å²) < 4.78 is 10.6. The number of methoxy groups -OCH3 is 2. The first-order chi connectivity index (χ1) is 9.63. The third-order valence-corrected chi connectivity index (χ3v) is 3.13. The molecule has 0 saturated heterocycles. The maximum Gasteiger partial charge on any atom is 0.163 e. The van der Waals surface area contributed by atoms with Gasteiger partial charge in [0.15, 0.2) is 11.5 Å². The zero-order valence-electron chi connectivity index (χ0n) is 12.6. The summed E-state index contributed by atoms with van der Waals surface area (Å²) in [5.74, 6) is 3.06. The summed E-state index contributed by atoms with van der Waals surface area (Å²) in [6, 6.07) is 3.82. The van der Waals surface area contributed by atoms with E-state index in [2.05, 4.69) is 29.1 Å². The second-order valence-electron chi connectivity index (χ2n) is 5.26. The molecule has 1 aromatic heterocycles. The molecule has 2 rings (SSSR count). The number of aromatic amines is 1. The summed E-state index contributed by atoms with van der Waals surface area (Å²) in [6.07, 6.45) is 0.881. The summed E-state index contributed by atoms with van der Waals surface area (Å²) in [5.41, 5.74) is 1.88. The van der Waals surface area contributed by atoms with Gasteiger partial charge in [0.05, 0.1) is 25.3 Å². The van der Waals surface area contributed by atoms with Crippen molar-refractivity contribution in [2.45, 2.75) is 20.3 Å². The molecule has 2 aromatic rings. The molecule has 20 heavy (non-hydrogen) atoms. The number of fused-ring (bicyclic) bond motifs is 1. The first-order valence-electron chi connectivity index (χ1n) is 6.95. The van der Waals surface area contributed by atoms with Crippen molar-refractivity contribution in [3.05, 3.63) is 18.0 Å². The Morgan fingerprint density at radius 2 is 1.90 bits per heavy atom. The summed E-state index contributed by atoms with van der Waals surface area (Å²) >= 11 is 0. The molecule has 1 aromatic carbocycles. The SMILES string of the molecule is COc1cc2nc(CCNCC(C)C)[nH]c2cc1OC. The molecule has 0 fully saturated rings. The van der Waals surface area contributed by atoms with Gasteiger partial charge < -0.3 is 19.8 Å². The molecule has 0 bridgehead atoms. The maximum atomic E-state index is 5.29. The quantitative estimate of drug-likeness (QED) is 0.763. The van der Waals surface area contributed by atoms with E-state index in [0.717, 1.165) is 36.4 Å². The van der Waals surface area contributed by atoms with Crippen LogP contribution in [0.5, 0.6) is 11.5 Å². The Kier molecular flexibility index (Phi) is 4.84. The molecule has 0 atom stereocenters. The zero-order chi connectivity index (χ0) is 14.5. The Balaban J connectivity index is 2.08. The van der Waals surface area contributed by atoms with Gasteiger partial charge in [0, 0.05) is 25.1 Å². The minimum atomic E-state index is 0.666. The molecule has 5 nitrogen and oxygen atoms in total. The predicted molar refractivity (Wildman–Crippen MR) is 80.6 cm³/mol. The number of imidazole rings is 1. The van der Waals surface area contributed by atoms with Crippen molar-refractivity contribution in [2.75, 3.05) is 27.3 Å². The van der Waals surface area contributed by atoms with Crippen LogP contribution in [-0.4, -0.2) is 37.3 Å². The minimum absolute atomic E-state index is 0.666. The molecule has 0 aliphatic rings. The van der Waals surface area contributed by atoms with Crippen LogP contribution in [0, 0.1) is 5.92 Å². The van der Waals surface area contributed by atoms with Gasteiger partial charge in [0.2, 0.25) is 0 Å². The molecule has 0 spiro atoms. The van der Waals surface area contributed by atoms with Gasteiger partial charge in [-0.3, -0.25) is 0 Å². The van der Waals surface area contributed by atoms with Crippen molar-refractivity contribution in [1.29, 1.82) is 0 Å². The van der Waals surface area contributed by atoms with Crippen LogP contribution in [-0.2, 0) is 6.42 Å². The fourth-order valence-electron chi connectivity index (χ4n) is 2.11. The van der Waals surface area contributed by atoms with Crippen LogP contribution in [0.3, 0.4) is 0 Å². The second-order valence-corrected chi connectivity index (χ2v) is 5.26. The van der Waals surface area contributed by atoms with Crippen molar-refractivity contribution in [3.8, 4) is 11.5 Å². The van der Waals surface area contributed by atoms with Crippen LogP contribution in [0.1, 0.15) is 19.7 Å². The van der Waals surface area contributed by atoms with E-state index in [4.69, 9.17) is 9.47 Å². The van der Waals surface area contributed by atoms with E-state index < -0.39 is 0 Å². The molecular weight excluding hydrogens is 254 g/mol. The highest BCUT2D eigenvalue weighted by molar-refractivity contribution is 5.79. The lowest BCUT2D eigenvalue weighted by Crippen LogP contribution is -2.22. The normalized spacial score (nSPS) is 11.2. The lowest BCUT2D eigenvalue weighted by molar-refractivity contribution is 0.356. The van der Waals surface area contributed by atoms with Crippen molar-refractivity contribution in [3.63, 3.8) is 0 Å². The number of hydrogen-bond acceptors (Lipinski definition) is 4. The standard InChI is InChI=1S/C15H23N3O2/c1-10(2)9-16-6-5-15-17-11-7-13(19-3)14(20-4)8-12(11)18-15/h7-8,10,16H,5-6,9H2,1-4H3,(H,17,18). The Morgan fingerprint density at radius 1 is 1.20 bits per heavy atom. The van der Waals surface area contributed by atoms with Crippen molar-refractivity contribution < 1.29 is 9.47 Å². The van der Waals surface area contributed by atoms with Gasteiger partial charge in [-0.05, 0) is 12.5 Å². The molecule has 5 heteroatoms. The summed E-state index contributed by atoms with van der Waals surface area (Å²) in [4.78, 5) is 7.91. The fourth-order valence-corrected chi connectivity index (χ4v) is 2.11. The molecule has 0 unspecified atom stereocenters. The largest absolute Gasteiger partial charge is 0.493 e. The Hall–Kier alpha value is -1.75. The molecule has 2 N–H and O–H groups in total. The summed E-state index contributed by atoms with van der Waals surface area (Å²) in [7, 11) is 3.27. The van der Waals surface area contributed by atoms with E-state index in [-0.39, 0.29) is 0 Å². The molecule has 0 aliphatic carbocycles. The first kappa shape index (κ1) is 14.7. The van der Waals surface area contributed by atoms with Crippen LogP contribution >= 0.6 is 0 Å². The fraction of sp³-hybridized carbons (Fsp3) is 0.533. The number of H-pyrrole nitrogens is 1. The van der Waals surface area contributed by atoms with Crippen LogP contribution in [0.2, 0.25) is 0 Å². The van der Waals surface area contributed by atoms with Gasteiger partial charge in [0.1, 0.15) is 5.82 Å². The van der Waals surface area contributed by atoms with E-state index in [1.165, 1.54) is 0 Å². The number of hydrogen-bond donors (Lipinski definition) is 2. The first-order valence-corrected chi connectivity index (χ1v) is 6.95. The van der Waals surface area contributed by atoms with Gasteiger partial charge in [-0.2, -0.15) is 0 Å². The monoisotopic (exact) mass is 277 g/mol. The van der Waals surface area contributed by atoms with E-state index >= 15 is 0 Å². The maximum absolute atomic E-state index is 5.29. The van der Waals surface area contributed by atoms with Crippen molar-refractivity contribution in [1.82, 2.24) is 15.3 Å². The second kappa shape index (κ2) is 6.61. The molecule has 1 heterocycles. The van der Waals surface area contributed by atoms with Crippen molar-refractivity contribution in [2.24, 2.45) is 5.92 Å². The Bertz CT molecular complexity index is 522. The van der Waals surface area contributed by atoms with Gasteiger partial charge in [-0.1, -0.05) is 13.8 Å². The van der Waals surface area contributed by atoms with E-state index in [1.54, 1.807) is 14.2 Å². The Labute approximate surface area is 119 Å². The number of benzene rings is 1. The Morgan fingerprint density at radius 3 is 2.55 bits per heavy atom. The molecular formula is C15H23N3O2. The minimum Gasteiger partial charge on any atom is -0.493 e. The lowest BCUT2D eigenvalue weighted by Gasteiger charge is -2.06. The van der Waals surface area contributed by atoms with Crippen LogP contribution in [0.25, 0.3) is 11.0 Å². The number of nitrogens with zero attached hydrogens (tertiary/aromatic N) is 1. The van der Waals surface area contributed by atoms with Gasteiger partial charge >= 0.3 is 0 Å². The van der Waals surface area contributed by atoms with Crippen LogP contribution in [0.15, 0.2) is 12.1 Å². The highest BCUT2D eigenvalue weighted by atomic mass is 16.5. The van der Waals surface area contributed by atoms with E-state index in [1.807, 2.05) is 12.1 Å². The third kappa shape index (κ3) is 3.42. The average Bonchev–Trinajstić information content (AvgIpc) is 2.83. The smallest absolute Gasteiger partial charge is 0.163 e. The molecule has 0 radical (unpaired) electrons. The number of nitrogens with one attached hydrogen (secondary N) is 2. The predicted octanol–water partition coefficient (Wildman–Crippen LogP) is 2.37. The van der Waals surface area contributed by atoms with Crippen LogP contribution < -0.4 is 14.8 Å². The number of aromatic nitrogens is 2. The highest BCUT2D eigenvalue weighted by Crippen LogP contribution is 2.30. The highest BCUT2D eigenvalue weighted by Gasteiger charge is 2.09. The number of rotatable bonds is 7.